The Hall–Kier alpha value is -3.35. The van der Waals surface area contributed by atoms with Gasteiger partial charge < -0.3 is 20.0 Å². The first-order valence-electron chi connectivity index (χ1n) is 7.84. The lowest BCUT2D eigenvalue weighted by Crippen LogP contribution is -2.26. The van der Waals surface area contributed by atoms with Crippen molar-refractivity contribution in [3.63, 3.8) is 0 Å². The van der Waals surface area contributed by atoms with E-state index < -0.39 is 0 Å². The summed E-state index contributed by atoms with van der Waals surface area (Å²) in [5.74, 6) is -0.253. The standard InChI is InChI=1S/C18H18N4O3/c1-12-9-13(17(23)20-7-6-14-10-19-11-21-14)4-5-15(12)22-18(24)16-3-2-8-25-16/h2-5,8-11H,6-7H2,1H3,(H,19,21)(H,20,23)(H,22,24). The molecule has 7 nitrogen and oxygen atoms in total. The molecule has 3 rings (SSSR count). The second-order valence-corrected chi connectivity index (χ2v) is 5.54. The van der Waals surface area contributed by atoms with Crippen molar-refractivity contribution >= 4 is 17.5 Å². The number of imidazole rings is 1. The maximum absolute atomic E-state index is 12.2. The third-order valence-electron chi connectivity index (χ3n) is 3.72. The Balaban J connectivity index is 1.58. The number of furan rings is 1. The first-order chi connectivity index (χ1) is 12.1. The Labute approximate surface area is 144 Å². The summed E-state index contributed by atoms with van der Waals surface area (Å²) in [7, 11) is 0. The molecule has 2 aromatic heterocycles. The molecule has 0 spiro atoms. The lowest BCUT2D eigenvalue weighted by atomic mass is 10.1. The molecule has 1 aromatic carbocycles. The number of hydrogen-bond donors (Lipinski definition) is 3. The van der Waals surface area contributed by atoms with Crippen LogP contribution in [0.4, 0.5) is 5.69 Å². The normalized spacial score (nSPS) is 10.4. The van der Waals surface area contributed by atoms with Crippen molar-refractivity contribution in [3.05, 3.63) is 71.7 Å². The molecule has 7 heteroatoms. The maximum atomic E-state index is 12.2. The smallest absolute Gasteiger partial charge is 0.291 e. The minimum atomic E-state index is -0.329. The van der Waals surface area contributed by atoms with Gasteiger partial charge in [-0.05, 0) is 42.8 Å². The number of aromatic amines is 1. The van der Waals surface area contributed by atoms with Gasteiger partial charge in [-0.2, -0.15) is 0 Å². The number of hydrogen-bond acceptors (Lipinski definition) is 4. The SMILES string of the molecule is Cc1cc(C(=O)NCCc2cnc[nH]2)ccc1NC(=O)c1ccco1. The molecule has 25 heavy (non-hydrogen) atoms. The third-order valence-corrected chi connectivity index (χ3v) is 3.72. The Bertz CT molecular complexity index is 855. The van der Waals surface area contributed by atoms with Crippen molar-refractivity contribution in [1.82, 2.24) is 15.3 Å². The second-order valence-electron chi connectivity index (χ2n) is 5.54. The summed E-state index contributed by atoms with van der Waals surface area (Å²) in [6, 6.07) is 8.37. The van der Waals surface area contributed by atoms with Crippen LogP contribution < -0.4 is 10.6 Å². The van der Waals surface area contributed by atoms with Crippen LogP contribution in [-0.4, -0.2) is 28.3 Å². The number of nitrogens with one attached hydrogen (secondary N) is 3. The van der Waals surface area contributed by atoms with Crippen molar-refractivity contribution in [3.8, 4) is 0 Å². The molecule has 0 unspecified atom stereocenters. The van der Waals surface area contributed by atoms with Crippen LogP contribution in [0.15, 0.2) is 53.5 Å². The summed E-state index contributed by atoms with van der Waals surface area (Å²) >= 11 is 0. The Morgan fingerprint density at radius 3 is 2.80 bits per heavy atom. The number of aryl methyl sites for hydroxylation is 1. The average molecular weight is 338 g/mol. The highest BCUT2D eigenvalue weighted by atomic mass is 16.3. The van der Waals surface area contributed by atoms with Crippen LogP contribution in [0.5, 0.6) is 0 Å². The largest absolute Gasteiger partial charge is 0.459 e. The average Bonchev–Trinajstić information content (AvgIpc) is 3.29. The molecule has 0 fully saturated rings. The van der Waals surface area contributed by atoms with E-state index in [1.54, 1.807) is 42.9 Å². The summed E-state index contributed by atoms with van der Waals surface area (Å²) in [4.78, 5) is 31.1. The van der Waals surface area contributed by atoms with Gasteiger partial charge in [0, 0.05) is 36.1 Å². The first kappa shape index (κ1) is 16.5. The maximum Gasteiger partial charge on any atom is 0.291 e. The number of anilines is 1. The van der Waals surface area contributed by atoms with Crippen LogP contribution in [0.1, 0.15) is 32.2 Å². The number of carbonyl (C=O) groups is 2. The van der Waals surface area contributed by atoms with E-state index in [0.29, 0.717) is 24.2 Å². The van der Waals surface area contributed by atoms with Crippen molar-refractivity contribution in [2.75, 3.05) is 11.9 Å². The first-order valence-corrected chi connectivity index (χ1v) is 7.84. The van der Waals surface area contributed by atoms with Crippen LogP contribution in [0.3, 0.4) is 0 Å². The summed E-state index contributed by atoms with van der Waals surface area (Å²) in [5.41, 5.74) is 2.93. The van der Waals surface area contributed by atoms with Gasteiger partial charge in [0.1, 0.15) is 0 Å². The number of nitrogens with zero attached hydrogens (tertiary/aromatic N) is 1. The lowest BCUT2D eigenvalue weighted by Gasteiger charge is -2.10. The fraction of sp³-hybridized carbons (Fsp3) is 0.167. The minimum Gasteiger partial charge on any atom is -0.459 e. The van der Waals surface area contributed by atoms with Crippen molar-refractivity contribution in [2.24, 2.45) is 0 Å². The highest BCUT2D eigenvalue weighted by Gasteiger charge is 2.12. The molecule has 3 N–H and O–H groups in total. The minimum absolute atomic E-state index is 0.161. The zero-order valence-electron chi connectivity index (χ0n) is 13.7. The van der Waals surface area contributed by atoms with Crippen molar-refractivity contribution < 1.29 is 14.0 Å². The van der Waals surface area contributed by atoms with Gasteiger partial charge >= 0.3 is 0 Å². The molecular weight excluding hydrogens is 320 g/mol. The van der Waals surface area contributed by atoms with E-state index in [9.17, 15) is 9.59 Å². The molecule has 0 aliphatic carbocycles. The van der Waals surface area contributed by atoms with Crippen LogP contribution in [0, 0.1) is 6.92 Å². The Morgan fingerprint density at radius 2 is 2.12 bits per heavy atom. The molecule has 0 radical (unpaired) electrons. The molecule has 2 heterocycles. The predicted octanol–water partition coefficient (Wildman–Crippen LogP) is 2.54. The molecule has 0 aliphatic heterocycles. The van der Waals surface area contributed by atoms with Gasteiger partial charge in [0.15, 0.2) is 5.76 Å². The quantitative estimate of drug-likeness (QED) is 0.643. The zero-order valence-corrected chi connectivity index (χ0v) is 13.7. The van der Waals surface area contributed by atoms with Gasteiger partial charge in [0.25, 0.3) is 11.8 Å². The van der Waals surface area contributed by atoms with Gasteiger partial charge in [-0.25, -0.2) is 4.98 Å². The monoisotopic (exact) mass is 338 g/mol. The molecule has 0 atom stereocenters. The molecule has 128 valence electrons. The lowest BCUT2D eigenvalue weighted by molar-refractivity contribution is 0.0953. The Morgan fingerprint density at radius 1 is 1.24 bits per heavy atom. The summed E-state index contributed by atoms with van der Waals surface area (Å²) in [6.45, 7) is 2.34. The van der Waals surface area contributed by atoms with Crippen LogP contribution in [0.2, 0.25) is 0 Å². The molecular formula is C18H18N4O3. The molecule has 2 amide bonds. The number of rotatable bonds is 6. The third kappa shape index (κ3) is 4.14. The highest BCUT2D eigenvalue weighted by Crippen LogP contribution is 2.18. The number of benzene rings is 1. The van der Waals surface area contributed by atoms with Crippen molar-refractivity contribution in [2.45, 2.75) is 13.3 Å². The van der Waals surface area contributed by atoms with Gasteiger partial charge in [-0.1, -0.05) is 0 Å². The summed E-state index contributed by atoms with van der Waals surface area (Å²) < 4.78 is 5.06. The van der Waals surface area contributed by atoms with Crippen LogP contribution >= 0.6 is 0 Å². The van der Waals surface area contributed by atoms with Gasteiger partial charge in [-0.3, -0.25) is 9.59 Å². The number of amides is 2. The van der Waals surface area contributed by atoms with Gasteiger partial charge in [0.05, 0.1) is 12.6 Å². The van der Waals surface area contributed by atoms with Crippen LogP contribution in [-0.2, 0) is 6.42 Å². The number of aromatic nitrogens is 2. The van der Waals surface area contributed by atoms with E-state index in [1.807, 2.05) is 6.92 Å². The topological polar surface area (TPSA) is 100 Å². The van der Waals surface area contributed by atoms with E-state index >= 15 is 0 Å². The molecule has 0 bridgehead atoms. The predicted molar refractivity (Wildman–Crippen MR) is 92.5 cm³/mol. The van der Waals surface area contributed by atoms with E-state index in [2.05, 4.69) is 20.6 Å². The summed E-state index contributed by atoms with van der Waals surface area (Å²) in [5, 5.41) is 5.62. The van der Waals surface area contributed by atoms with E-state index in [0.717, 1.165) is 11.3 Å². The zero-order chi connectivity index (χ0) is 17.6. The fourth-order valence-corrected chi connectivity index (χ4v) is 2.37. The molecule has 0 saturated carbocycles. The van der Waals surface area contributed by atoms with E-state index in [4.69, 9.17) is 4.42 Å². The fourth-order valence-electron chi connectivity index (χ4n) is 2.37. The van der Waals surface area contributed by atoms with Crippen molar-refractivity contribution in [1.29, 1.82) is 0 Å². The number of H-pyrrole nitrogens is 1. The highest BCUT2D eigenvalue weighted by molar-refractivity contribution is 6.03. The molecule has 0 aliphatic rings. The van der Waals surface area contributed by atoms with Gasteiger partial charge in [-0.15, -0.1) is 0 Å². The molecule has 3 aromatic rings. The number of carbonyl (C=O) groups excluding carboxylic acids is 2. The van der Waals surface area contributed by atoms with E-state index in [-0.39, 0.29) is 17.6 Å². The second kappa shape index (κ2) is 7.48. The van der Waals surface area contributed by atoms with Crippen LogP contribution in [0.25, 0.3) is 0 Å². The summed E-state index contributed by atoms with van der Waals surface area (Å²) in [6.07, 6.45) is 5.46. The van der Waals surface area contributed by atoms with Gasteiger partial charge in [0.2, 0.25) is 0 Å². The van der Waals surface area contributed by atoms with E-state index in [1.165, 1.54) is 6.26 Å². The molecule has 0 saturated heterocycles. The Kier molecular flexibility index (Phi) is 4.94.